The molecule has 0 unspecified atom stereocenters. The summed E-state index contributed by atoms with van der Waals surface area (Å²) in [6.45, 7) is 7.08. The Bertz CT molecular complexity index is 1060. The minimum atomic E-state index is -0.352. The fourth-order valence-corrected chi connectivity index (χ4v) is 4.32. The number of aromatic amines is 1. The van der Waals surface area contributed by atoms with E-state index in [1.165, 1.54) is 40.9 Å². The Morgan fingerprint density at radius 3 is 2.72 bits per heavy atom. The highest BCUT2D eigenvalue weighted by atomic mass is 16.5. The highest BCUT2D eigenvalue weighted by Gasteiger charge is 2.34. The molecule has 4 heteroatoms. The summed E-state index contributed by atoms with van der Waals surface area (Å²) in [5.41, 5.74) is 6.06. The van der Waals surface area contributed by atoms with Gasteiger partial charge in [-0.3, -0.25) is 4.90 Å². The largest absolute Gasteiger partial charge is 0.466 e. The van der Waals surface area contributed by atoms with Gasteiger partial charge < -0.3 is 9.72 Å². The Morgan fingerprint density at radius 2 is 2.00 bits per heavy atom. The van der Waals surface area contributed by atoms with Crippen LogP contribution in [0.5, 0.6) is 0 Å². The molecule has 2 heterocycles. The zero-order valence-corrected chi connectivity index (χ0v) is 16.9. The first-order chi connectivity index (χ1) is 14.1. The number of benzene rings is 2. The Hall–Kier alpha value is -3.11. The van der Waals surface area contributed by atoms with Gasteiger partial charge in [0.25, 0.3) is 0 Å². The van der Waals surface area contributed by atoms with Crippen molar-refractivity contribution in [2.75, 3.05) is 13.7 Å². The van der Waals surface area contributed by atoms with Crippen molar-refractivity contribution in [1.82, 2.24) is 9.88 Å². The van der Waals surface area contributed by atoms with Gasteiger partial charge in [-0.05, 0) is 42.2 Å². The van der Waals surface area contributed by atoms with Crippen molar-refractivity contribution in [3.8, 4) is 0 Å². The normalized spacial score (nSPS) is 19.4. The highest BCUT2D eigenvalue weighted by Crippen LogP contribution is 2.40. The van der Waals surface area contributed by atoms with Crippen molar-refractivity contribution >= 4 is 22.9 Å². The fraction of sp³-hybridized carbons (Fsp3) is 0.240. The molecule has 0 fully saturated rings. The van der Waals surface area contributed by atoms with E-state index in [0.717, 1.165) is 18.5 Å². The molecule has 0 amide bonds. The van der Waals surface area contributed by atoms with E-state index < -0.39 is 0 Å². The highest BCUT2D eigenvalue weighted by molar-refractivity contribution is 5.87. The number of methoxy groups -OCH3 is 1. The molecule has 2 atom stereocenters. The first-order valence-corrected chi connectivity index (χ1v) is 9.94. The van der Waals surface area contributed by atoms with Gasteiger partial charge in [0.05, 0.1) is 13.2 Å². The zero-order chi connectivity index (χ0) is 20.4. The van der Waals surface area contributed by atoms with Crippen LogP contribution in [0.2, 0.25) is 0 Å². The lowest BCUT2D eigenvalue weighted by molar-refractivity contribution is -0.134. The summed E-state index contributed by atoms with van der Waals surface area (Å²) in [4.78, 5) is 17.5. The molecule has 1 N–H and O–H groups in total. The van der Waals surface area contributed by atoms with E-state index in [9.17, 15) is 4.79 Å². The molecule has 29 heavy (non-hydrogen) atoms. The summed E-state index contributed by atoms with van der Waals surface area (Å²) in [6, 6.07) is 17.5. The number of carbonyl (C=O) groups is 1. The van der Waals surface area contributed by atoms with Crippen LogP contribution in [-0.4, -0.2) is 35.5 Å². The molecule has 1 aliphatic rings. The number of hydrogen-bond donors (Lipinski definition) is 1. The zero-order valence-electron chi connectivity index (χ0n) is 16.9. The lowest BCUT2D eigenvalue weighted by atomic mass is 9.88. The molecule has 0 aliphatic carbocycles. The van der Waals surface area contributed by atoms with Gasteiger partial charge in [-0.2, -0.15) is 0 Å². The number of carbonyl (C=O) groups excluding carboxylic acids is 1. The molecule has 0 radical (unpaired) electrons. The third-order valence-electron chi connectivity index (χ3n) is 5.72. The first kappa shape index (κ1) is 19.2. The lowest BCUT2D eigenvalue weighted by Crippen LogP contribution is -2.42. The number of esters is 1. The van der Waals surface area contributed by atoms with Crippen molar-refractivity contribution in [1.29, 1.82) is 0 Å². The molecule has 4 rings (SSSR count). The summed E-state index contributed by atoms with van der Waals surface area (Å²) >= 11 is 0. The molecular weight excluding hydrogens is 360 g/mol. The molecule has 148 valence electrons. The van der Waals surface area contributed by atoms with Crippen molar-refractivity contribution in [2.24, 2.45) is 0 Å². The quantitative estimate of drug-likeness (QED) is 0.386. The van der Waals surface area contributed by atoms with Gasteiger partial charge in [0.2, 0.25) is 0 Å². The second-order valence-corrected chi connectivity index (χ2v) is 7.53. The standard InChI is InChI=1S/C25H26N2O2/c1-4-15-27-17(2)16-21-20-7-5-6-8-22(20)26-24(21)25(27)19-12-9-18(10-13-19)11-14-23(28)29-3/h4-14,17,25-26H,1,15-16H2,2-3H3/b14-11+/t17-,25-/m1/s1. The van der Waals surface area contributed by atoms with Gasteiger partial charge in [-0.1, -0.05) is 48.5 Å². The molecule has 0 bridgehead atoms. The summed E-state index contributed by atoms with van der Waals surface area (Å²) in [5.74, 6) is -0.352. The van der Waals surface area contributed by atoms with Crippen LogP contribution >= 0.6 is 0 Å². The maximum absolute atomic E-state index is 11.3. The van der Waals surface area contributed by atoms with E-state index in [2.05, 4.69) is 64.5 Å². The average Bonchev–Trinajstić information content (AvgIpc) is 3.11. The number of hydrogen-bond acceptors (Lipinski definition) is 3. The third kappa shape index (κ3) is 3.64. The monoisotopic (exact) mass is 386 g/mol. The predicted molar refractivity (Wildman–Crippen MR) is 118 cm³/mol. The minimum Gasteiger partial charge on any atom is -0.466 e. The first-order valence-electron chi connectivity index (χ1n) is 9.94. The van der Waals surface area contributed by atoms with E-state index in [4.69, 9.17) is 0 Å². The molecule has 4 nitrogen and oxygen atoms in total. The van der Waals surface area contributed by atoms with E-state index >= 15 is 0 Å². The lowest BCUT2D eigenvalue weighted by Gasteiger charge is -2.40. The Morgan fingerprint density at radius 1 is 1.24 bits per heavy atom. The number of rotatable bonds is 5. The summed E-state index contributed by atoms with van der Waals surface area (Å²) in [7, 11) is 1.38. The van der Waals surface area contributed by atoms with Crippen LogP contribution in [0.3, 0.4) is 0 Å². The molecule has 1 aliphatic heterocycles. The van der Waals surface area contributed by atoms with Gasteiger partial charge >= 0.3 is 5.97 Å². The van der Waals surface area contributed by atoms with E-state index in [1.807, 2.05) is 18.2 Å². The van der Waals surface area contributed by atoms with Gasteiger partial charge in [0.1, 0.15) is 0 Å². The van der Waals surface area contributed by atoms with Crippen LogP contribution in [0.15, 0.2) is 67.3 Å². The second kappa shape index (κ2) is 8.10. The van der Waals surface area contributed by atoms with Crippen molar-refractivity contribution in [3.05, 3.63) is 89.6 Å². The third-order valence-corrected chi connectivity index (χ3v) is 5.72. The van der Waals surface area contributed by atoms with Crippen molar-refractivity contribution < 1.29 is 9.53 Å². The Labute approximate surface area is 171 Å². The number of nitrogens with one attached hydrogen (secondary N) is 1. The molecule has 2 aromatic carbocycles. The number of para-hydroxylation sites is 1. The van der Waals surface area contributed by atoms with Gasteiger partial charge in [-0.15, -0.1) is 6.58 Å². The molecule has 0 spiro atoms. The van der Waals surface area contributed by atoms with Crippen LogP contribution < -0.4 is 0 Å². The van der Waals surface area contributed by atoms with E-state index in [-0.39, 0.29) is 12.0 Å². The van der Waals surface area contributed by atoms with E-state index in [1.54, 1.807) is 6.08 Å². The van der Waals surface area contributed by atoms with E-state index in [0.29, 0.717) is 6.04 Å². The summed E-state index contributed by atoms with van der Waals surface area (Å²) < 4.78 is 4.67. The molecule has 1 aromatic heterocycles. The number of H-pyrrole nitrogens is 1. The van der Waals surface area contributed by atoms with Crippen LogP contribution in [0.4, 0.5) is 0 Å². The van der Waals surface area contributed by atoms with Crippen molar-refractivity contribution in [3.63, 3.8) is 0 Å². The van der Waals surface area contributed by atoms with Crippen LogP contribution in [-0.2, 0) is 16.0 Å². The van der Waals surface area contributed by atoms with Gasteiger partial charge in [0.15, 0.2) is 0 Å². The predicted octanol–water partition coefficient (Wildman–Crippen LogP) is 4.88. The number of ether oxygens (including phenoxy) is 1. The SMILES string of the molecule is C=CCN1[C@H](c2ccc(/C=C/C(=O)OC)cc2)c2[nH]c3ccccc3c2C[C@H]1C. The minimum absolute atomic E-state index is 0.137. The van der Waals surface area contributed by atoms with Crippen LogP contribution in [0.25, 0.3) is 17.0 Å². The molecule has 3 aromatic rings. The second-order valence-electron chi connectivity index (χ2n) is 7.53. The molecule has 0 saturated carbocycles. The smallest absolute Gasteiger partial charge is 0.330 e. The van der Waals surface area contributed by atoms with Gasteiger partial charge in [-0.25, -0.2) is 4.79 Å². The number of fused-ring (bicyclic) bond motifs is 3. The maximum Gasteiger partial charge on any atom is 0.330 e. The Balaban J connectivity index is 1.76. The van der Waals surface area contributed by atoms with Crippen molar-refractivity contribution in [2.45, 2.75) is 25.4 Å². The fourth-order valence-electron chi connectivity index (χ4n) is 4.32. The number of nitrogens with zero attached hydrogens (tertiary/aromatic N) is 1. The summed E-state index contributed by atoms with van der Waals surface area (Å²) in [6.07, 6.45) is 6.21. The van der Waals surface area contributed by atoms with Crippen LogP contribution in [0, 0.1) is 0 Å². The number of aromatic nitrogens is 1. The Kier molecular flexibility index (Phi) is 5.36. The average molecular weight is 386 g/mol. The van der Waals surface area contributed by atoms with Crippen LogP contribution in [0.1, 0.15) is 35.3 Å². The molecule has 0 saturated heterocycles. The topological polar surface area (TPSA) is 45.3 Å². The molecular formula is C25H26N2O2. The summed E-state index contributed by atoms with van der Waals surface area (Å²) in [5, 5.41) is 1.32. The maximum atomic E-state index is 11.3. The van der Waals surface area contributed by atoms with Gasteiger partial charge in [0, 0.05) is 35.3 Å².